The van der Waals surface area contributed by atoms with Crippen molar-refractivity contribution in [2.24, 2.45) is 0 Å². The van der Waals surface area contributed by atoms with Crippen LogP contribution in [0.1, 0.15) is 48.9 Å². The molecule has 2 fully saturated rings. The molecule has 2 amide bonds. The van der Waals surface area contributed by atoms with E-state index in [2.05, 4.69) is 5.32 Å². The highest BCUT2D eigenvalue weighted by atomic mass is 16.4. The first-order chi connectivity index (χ1) is 12.6. The summed E-state index contributed by atoms with van der Waals surface area (Å²) >= 11 is 0. The van der Waals surface area contributed by atoms with Gasteiger partial charge in [0.1, 0.15) is 6.54 Å². The van der Waals surface area contributed by atoms with Crippen LogP contribution in [0.3, 0.4) is 0 Å². The monoisotopic (exact) mass is 357 g/mol. The van der Waals surface area contributed by atoms with Crippen LogP contribution in [0, 0.1) is 0 Å². The lowest BCUT2D eigenvalue weighted by Crippen LogP contribution is -2.36. The largest absolute Gasteiger partial charge is 0.420 e. The topological polar surface area (TPSA) is 84.5 Å². The average molecular weight is 357 g/mol. The molecule has 0 bridgehead atoms. The second kappa shape index (κ2) is 6.97. The van der Waals surface area contributed by atoms with Gasteiger partial charge in [-0.3, -0.25) is 14.2 Å². The first kappa shape index (κ1) is 16.9. The highest BCUT2D eigenvalue weighted by Gasteiger charge is 2.22. The maximum absolute atomic E-state index is 12.6. The van der Waals surface area contributed by atoms with Crippen molar-refractivity contribution in [3.05, 3.63) is 34.3 Å². The van der Waals surface area contributed by atoms with Gasteiger partial charge in [0.2, 0.25) is 5.91 Å². The van der Waals surface area contributed by atoms with E-state index in [1.165, 1.54) is 4.57 Å². The third kappa shape index (κ3) is 3.25. The second-order valence-electron chi connectivity index (χ2n) is 7.18. The number of benzene rings is 1. The number of nitrogens with one attached hydrogen (secondary N) is 1. The Balaban J connectivity index is 1.58. The molecular formula is C19H23N3O4. The van der Waals surface area contributed by atoms with Crippen molar-refractivity contribution in [2.45, 2.75) is 51.1 Å². The van der Waals surface area contributed by atoms with Crippen molar-refractivity contribution in [2.75, 3.05) is 13.1 Å². The molecule has 138 valence electrons. The summed E-state index contributed by atoms with van der Waals surface area (Å²) in [5.74, 6) is -0.815. The zero-order valence-corrected chi connectivity index (χ0v) is 14.7. The van der Waals surface area contributed by atoms with Crippen LogP contribution >= 0.6 is 0 Å². The Hall–Kier alpha value is -2.57. The van der Waals surface area contributed by atoms with E-state index in [4.69, 9.17) is 4.42 Å². The number of hydrogen-bond donors (Lipinski definition) is 1. The van der Waals surface area contributed by atoms with Gasteiger partial charge < -0.3 is 14.6 Å². The number of carbonyl (C=O) groups is 2. The molecule has 0 unspecified atom stereocenters. The SMILES string of the molecule is O=C(Cn1c(=O)oc2ccc(C(=O)N3CCCC3)cc21)NC1CCCC1. The maximum Gasteiger partial charge on any atom is 0.420 e. The Morgan fingerprint density at radius 3 is 2.58 bits per heavy atom. The third-order valence-corrected chi connectivity index (χ3v) is 5.33. The Morgan fingerprint density at radius 2 is 1.85 bits per heavy atom. The second-order valence-corrected chi connectivity index (χ2v) is 7.18. The predicted molar refractivity (Wildman–Crippen MR) is 96.0 cm³/mol. The van der Waals surface area contributed by atoms with E-state index in [-0.39, 0.29) is 24.4 Å². The summed E-state index contributed by atoms with van der Waals surface area (Å²) < 4.78 is 6.54. The lowest BCUT2D eigenvalue weighted by atomic mass is 10.2. The molecule has 1 aromatic carbocycles. The van der Waals surface area contributed by atoms with Crippen molar-refractivity contribution in [1.82, 2.24) is 14.8 Å². The normalized spacial score (nSPS) is 17.9. The fourth-order valence-corrected chi connectivity index (χ4v) is 3.93. The van der Waals surface area contributed by atoms with Crippen molar-refractivity contribution in [1.29, 1.82) is 0 Å². The minimum Gasteiger partial charge on any atom is -0.408 e. The molecule has 0 radical (unpaired) electrons. The van der Waals surface area contributed by atoms with Gasteiger partial charge in [-0.1, -0.05) is 12.8 Å². The van der Waals surface area contributed by atoms with Gasteiger partial charge in [0.25, 0.3) is 5.91 Å². The van der Waals surface area contributed by atoms with Crippen LogP contribution in [0.15, 0.2) is 27.4 Å². The number of aromatic nitrogens is 1. The molecule has 4 rings (SSSR count). The minimum absolute atomic E-state index is 0.0417. The average Bonchev–Trinajstić information content (AvgIpc) is 3.37. The molecule has 0 atom stereocenters. The number of rotatable bonds is 4. The quantitative estimate of drug-likeness (QED) is 0.906. The molecule has 1 aliphatic carbocycles. The lowest BCUT2D eigenvalue weighted by Gasteiger charge is -2.15. The van der Waals surface area contributed by atoms with E-state index in [0.717, 1.165) is 51.6 Å². The number of nitrogens with zero attached hydrogens (tertiary/aromatic N) is 2. The Morgan fingerprint density at radius 1 is 1.12 bits per heavy atom. The van der Waals surface area contributed by atoms with E-state index in [1.54, 1.807) is 18.2 Å². The highest BCUT2D eigenvalue weighted by molar-refractivity contribution is 5.97. The molecule has 1 N–H and O–H groups in total. The molecule has 2 aliphatic rings. The summed E-state index contributed by atoms with van der Waals surface area (Å²) in [5.41, 5.74) is 1.40. The van der Waals surface area contributed by atoms with Crippen LogP contribution in [0.2, 0.25) is 0 Å². The zero-order chi connectivity index (χ0) is 18.1. The number of likely N-dealkylation sites (tertiary alicyclic amines) is 1. The lowest BCUT2D eigenvalue weighted by molar-refractivity contribution is -0.122. The molecule has 2 heterocycles. The summed E-state index contributed by atoms with van der Waals surface area (Å²) in [7, 11) is 0. The minimum atomic E-state index is -0.577. The first-order valence-electron chi connectivity index (χ1n) is 9.34. The number of amides is 2. The first-order valence-corrected chi connectivity index (χ1v) is 9.34. The van der Waals surface area contributed by atoms with Gasteiger partial charge in [-0.15, -0.1) is 0 Å². The van der Waals surface area contributed by atoms with Crippen LogP contribution < -0.4 is 11.1 Å². The number of fused-ring (bicyclic) bond motifs is 1. The summed E-state index contributed by atoms with van der Waals surface area (Å²) in [6.07, 6.45) is 6.27. The summed E-state index contributed by atoms with van der Waals surface area (Å²) in [6, 6.07) is 5.16. The fraction of sp³-hybridized carbons (Fsp3) is 0.526. The highest BCUT2D eigenvalue weighted by Crippen LogP contribution is 2.20. The van der Waals surface area contributed by atoms with Crippen LogP contribution in [0.5, 0.6) is 0 Å². The third-order valence-electron chi connectivity index (χ3n) is 5.33. The van der Waals surface area contributed by atoms with Gasteiger partial charge in [-0.05, 0) is 43.9 Å². The molecule has 1 aromatic heterocycles. The fourth-order valence-electron chi connectivity index (χ4n) is 3.93. The Bertz CT molecular complexity index is 886. The van der Waals surface area contributed by atoms with E-state index >= 15 is 0 Å². The summed E-state index contributed by atoms with van der Waals surface area (Å²) in [6.45, 7) is 1.43. The molecule has 7 heteroatoms. The van der Waals surface area contributed by atoms with Crippen molar-refractivity contribution >= 4 is 22.9 Å². The molecular weight excluding hydrogens is 334 g/mol. The van der Waals surface area contributed by atoms with E-state index in [0.29, 0.717) is 16.7 Å². The van der Waals surface area contributed by atoms with Gasteiger partial charge in [-0.2, -0.15) is 0 Å². The molecule has 1 aliphatic heterocycles. The van der Waals surface area contributed by atoms with E-state index < -0.39 is 5.76 Å². The van der Waals surface area contributed by atoms with Crippen LogP contribution in [-0.4, -0.2) is 40.4 Å². The van der Waals surface area contributed by atoms with Crippen molar-refractivity contribution < 1.29 is 14.0 Å². The summed E-state index contributed by atoms with van der Waals surface area (Å²) in [5, 5.41) is 2.98. The van der Waals surface area contributed by atoms with Gasteiger partial charge in [0.15, 0.2) is 5.58 Å². The summed E-state index contributed by atoms with van der Waals surface area (Å²) in [4.78, 5) is 38.9. The molecule has 1 saturated heterocycles. The predicted octanol–water partition coefficient (Wildman–Crippen LogP) is 1.89. The maximum atomic E-state index is 12.6. The van der Waals surface area contributed by atoms with E-state index in [1.807, 2.05) is 4.90 Å². The zero-order valence-electron chi connectivity index (χ0n) is 14.7. The molecule has 26 heavy (non-hydrogen) atoms. The van der Waals surface area contributed by atoms with Crippen LogP contribution in [-0.2, 0) is 11.3 Å². The smallest absolute Gasteiger partial charge is 0.408 e. The van der Waals surface area contributed by atoms with Crippen molar-refractivity contribution in [3.63, 3.8) is 0 Å². The molecule has 0 spiro atoms. The van der Waals surface area contributed by atoms with Gasteiger partial charge in [-0.25, -0.2) is 4.79 Å². The molecule has 1 saturated carbocycles. The van der Waals surface area contributed by atoms with Crippen LogP contribution in [0.4, 0.5) is 0 Å². The van der Waals surface area contributed by atoms with Crippen LogP contribution in [0.25, 0.3) is 11.1 Å². The van der Waals surface area contributed by atoms with Gasteiger partial charge >= 0.3 is 5.76 Å². The standard InChI is InChI=1S/C19H23N3O4/c23-17(20-14-5-1-2-6-14)12-22-15-11-13(7-8-16(15)26-19(22)25)18(24)21-9-3-4-10-21/h7-8,11,14H,1-6,9-10,12H2,(H,20,23). The van der Waals surface area contributed by atoms with Gasteiger partial charge in [0.05, 0.1) is 5.52 Å². The molecule has 2 aromatic rings. The van der Waals surface area contributed by atoms with Crippen molar-refractivity contribution in [3.8, 4) is 0 Å². The number of hydrogen-bond acceptors (Lipinski definition) is 4. The molecule has 7 nitrogen and oxygen atoms in total. The van der Waals surface area contributed by atoms with E-state index in [9.17, 15) is 14.4 Å². The van der Waals surface area contributed by atoms with Gasteiger partial charge in [0, 0.05) is 24.7 Å². The Labute approximate surface area is 150 Å². The Kier molecular flexibility index (Phi) is 4.53. The number of carbonyl (C=O) groups excluding carboxylic acids is 2. The number of oxazole rings is 1.